The number of hydrogen-bond donors (Lipinski definition) is 1. The molecule has 1 amide bonds. The minimum Gasteiger partial charge on any atom is -0.487 e. The van der Waals surface area contributed by atoms with Crippen LogP contribution in [-0.2, 0) is 4.79 Å². The van der Waals surface area contributed by atoms with Crippen LogP contribution in [-0.4, -0.2) is 22.4 Å². The van der Waals surface area contributed by atoms with Crippen LogP contribution >= 0.6 is 11.3 Å². The van der Waals surface area contributed by atoms with Crippen LogP contribution in [0.15, 0.2) is 60.0 Å². The van der Waals surface area contributed by atoms with Crippen molar-refractivity contribution in [3.63, 3.8) is 0 Å². The standard InChI is InChI=1S/C19H17N3O4S/c23-18(11-6-12-26-17-10-5-4-9-16(17)22(24)25)21-19-20-15(13-27-19)14-7-2-1-3-8-14/h1-5,7-10,13H,6,11-12H2,(H,20,21,23). The van der Waals surface area contributed by atoms with Crippen molar-refractivity contribution in [2.45, 2.75) is 12.8 Å². The normalized spacial score (nSPS) is 10.4. The van der Waals surface area contributed by atoms with Gasteiger partial charge in [-0.1, -0.05) is 42.5 Å². The van der Waals surface area contributed by atoms with Crippen LogP contribution in [0.3, 0.4) is 0 Å². The van der Waals surface area contributed by atoms with Crippen molar-refractivity contribution in [3.8, 4) is 17.0 Å². The van der Waals surface area contributed by atoms with E-state index < -0.39 is 4.92 Å². The molecule has 0 saturated carbocycles. The molecule has 0 aliphatic rings. The number of amides is 1. The maximum absolute atomic E-state index is 12.0. The lowest BCUT2D eigenvalue weighted by Gasteiger charge is -2.06. The van der Waals surface area contributed by atoms with E-state index >= 15 is 0 Å². The fraction of sp³-hybridized carbons (Fsp3) is 0.158. The molecule has 0 saturated heterocycles. The van der Waals surface area contributed by atoms with Crippen LogP contribution < -0.4 is 10.1 Å². The van der Waals surface area contributed by atoms with Crippen LogP contribution in [0.25, 0.3) is 11.3 Å². The van der Waals surface area contributed by atoms with Gasteiger partial charge in [0.25, 0.3) is 0 Å². The average molecular weight is 383 g/mol. The zero-order chi connectivity index (χ0) is 19.1. The fourth-order valence-electron chi connectivity index (χ4n) is 2.40. The lowest BCUT2D eigenvalue weighted by molar-refractivity contribution is -0.385. The van der Waals surface area contributed by atoms with Crippen molar-refractivity contribution in [2.75, 3.05) is 11.9 Å². The first kappa shape index (κ1) is 18.5. The van der Waals surface area contributed by atoms with Gasteiger partial charge in [-0.05, 0) is 12.5 Å². The molecule has 0 atom stereocenters. The molecular formula is C19H17N3O4S. The average Bonchev–Trinajstić information content (AvgIpc) is 3.14. The number of rotatable bonds is 8. The van der Waals surface area contributed by atoms with Gasteiger partial charge >= 0.3 is 5.69 Å². The predicted molar refractivity (Wildman–Crippen MR) is 104 cm³/mol. The number of thiazole rings is 1. The van der Waals surface area contributed by atoms with Gasteiger partial charge in [-0.3, -0.25) is 14.9 Å². The number of hydrogen-bond acceptors (Lipinski definition) is 6. The van der Waals surface area contributed by atoms with E-state index in [2.05, 4.69) is 10.3 Å². The van der Waals surface area contributed by atoms with Gasteiger partial charge < -0.3 is 10.1 Å². The van der Waals surface area contributed by atoms with Crippen molar-refractivity contribution < 1.29 is 14.5 Å². The zero-order valence-corrected chi connectivity index (χ0v) is 15.1. The fourth-order valence-corrected chi connectivity index (χ4v) is 3.14. The summed E-state index contributed by atoms with van der Waals surface area (Å²) in [7, 11) is 0. The Hall–Kier alpha value is -3.26. The van der Waals surface area contributed by atoms with Crippen LogP contribution in [0.4, 0.5) is 10.8 Å². The SMILES string of the molecule is O=C(CCCOc1ccccc1[N+](=O)[O-])Nc1nc(-c2ccccc2)cs1. The third-order valence-electron chi connectivity index (χ3n) is 3.69. The Morgan fingerprint density at radius 2 is 1.89 bits per heavy atom. The second-order valence-corrected chi connectivity index (χ2v) is 6.49. The number of para-hydroxylation sites is 2. The highest BCUT2D eigenvalue weighted by Gasteiger charge is 2.13. The summed E-state index contributed by atoms with van der Waals surface area (Å²) in [6.45, 7) is 0.214. The summed E-state index contributed by atoms with van der Waals surface area (Å²) in [6, 6.07) is 15.9. The molecule has 2 aromatic carbocycles. The van der Waals surface area contributed by atoms with Gasteiger partial charge in [-0.25, -0.2) is 4.98 Å². The summed E-state index contributed by atoms with van der Waals surface area (Å²) >= 11 is 1.36. The molecule has 1 aromatic heterocycles. The van der Waals surface area contributed by atoms with Gasteiger partial charge in [0.05, 0.1) is 17.2 Å². The number of aromatic nitrogens is 1. The molecule has 3 rings (SSSR count). The lowest BCUT2D eigenvalue weighted by Crippen LogP contribution is -2.12. The summed E-state index contributed by atoms with van der Waals surface area (Å²) in [5.41, 5.74) is 1.72. The molecule has 138 valence electrons. The molecule has 0 radical (unpaired) electrons. The Kier molecular flexibility index (Phi) is 6.11. The summed E-state index contributed by atoms with van der Waals surface area (Å²) in [6.07, 6.45) is 0.676. The van der Waals surface area contributed by atoms with Gasteiger partial charge in [0.1, 0.15) is 0 Å². The monoisotopic (exact) mass is 383 g/mol. The largest absolute Gasteiger partial charge is 0.487 e. The van der Waals surface area contributed by atoms with E-state index in [1.165, 1.54) is 17.4 Å². The van der Waals surface area contributed by atoms with E-state index in [0.717, 1.165) is 11.3 Å². The van der Waals surface area contributed by atoms with Gasteiger partial charge in [0.2, 0.25) is 5.91 Å². The Morgan fingerprint density at radius 3 is 2.67 bits per heavy atom. The minimum atomic E-state index is -0.491. The molecule has 0 bridgehead atoms. The third kappa shape index (κ3) is 5.11. The first-order valence-corrected chi connectivity index (χ1v) is 9.18. The number of nitro groups is 1. The molecular weight excluding hydrogens is 366 g/mol. The van der Waals surface area contributed by atoms with Crippen molar-refractivity contribution in [1.29, 1.82) is 0 Å². The first-order chi connectivity index (χ1) is 13.1. The highest BCUT2D eigenvalue weighted by Crippen LogP contribution is 2.26. The number of nitrogens with one attached hydrogen (secondary N) is 1. The van der Waals surface area contributed by atoms with Gasteiger partial charge in [-0.15, -0.1) is 11.3 Å². The van der Waals surface area contributed by atoms with Gasteiger partial charge in [-0.2, -0.15) is 0 Å². The minimum absolute atomic E-state index is 0.0850. The molecule has 1 heterocycles. The van der Waals surface area contributed by atoms with Crippen LogP contribution in [0.5, 0.6) is 5.75 Å². The Morgan fingerprint density at radius 1 is 1.15 bits per heavy atom. The summed E-state index contributed by atoms with van der Waals surface area (Å²) in [4.78, 5) is 26.9. The van der Waals surface area contributed by atoms with Crippen LogP contribution in [0.2, 0.25) is 0 Å². The molecule has 0 aliphatic heterocycles. The van der Waals surface area contributed by atoms with E-state index in [1.54, 1.807) is 18.2 Å². The molecule has 0 aliphatic carbocycles. The highest BCUT2D eigenvalue weighted by atomic mass is 32.1. The predicted octanol–water partition coefficient (Wildman–Crippen LogP) is 4.52. The first-order valence-electron chi connectivity index (χ1n) is 8.30. The van der Waals surface area contributed by atoms with E-state index in [1.807, 2.05) is 35.7 Å². The molecule has 0 fully saturated rings. The number of benzene rings is 2. The number of ether oxygens (including phenoxy) is 1. The number of anilines is 1. The zero-order valence-electron chi connectivity index (χ0n) is 14.3. The smallest absolute Gasteiger partial charge is 0.310 e. The molecule has 8 heteroatoms. The quantitative estimate of drug-likeness (QED) is 0.351. The van der Waals surface area contributed by atoms with E-state index in [0.29, 0.717) is 11.6 Å². The van der Waals surface area contributed by atoms with Crippen molar-refractivity contribution in [2.24, 2.45) is 0 Å². The summed E-state index contributed by atoms with van der Waals surface area (Å²) in [5.74, 6) is 0.0328. The van der Waals surface area contributed by atoms with E-state index in [9.17, 15) is 14.9 Å². The lowest BCUT2D eigenvalue weighted by atomic mass is 10.2. The number of nitro benzene ring substituents is 1. The molecule has 27 heavy (non-hydrogen) atoms. The topological polar surface area (TPSA) is 94.4 Å². The Labute approximate surface area is 159 Å². The van der Waals surface area contributed by atoms with Crippen molar-refractivity contribution >= 4 is 28.1 Å². The van der Waals surface area contributed by atoms with Gasteiger partial charge in [0, 0.05) is 23.4 Å². The summed E-state index contributed by atoms with van der Waals surface area (Å²) < 4.78 is 5.43. The van der Waals surface area contributed by atoms with Crippen LogP contribution in [0.1, 0.15) is 12.8 Å². The van der Waals surface area contributed by atoms with E-state index in [-0.39, 0.29) is 30.4 Å². The van der Waals surface area contributed by atoms with Crippen LogP contribution in [0, 0.1) is 10.1 Å². The Bertz CT molecular complexity index is 927. The molecule has 7 nitrogen and oxygen atoms in total. The number of carbonyl (C=O) groups excluding carboxylic acids is 1. The van der Waals surface area contributed by atoms with Gasteiger partial charge in [0.15, 0.2) is 10.9 Å². The molecule has 0 unspecified atom stereocenters. The third-order valence-corrected chi connectivity index (χ3v) is 4.45. The number of carbonyl (C=O) groups is 1. The second-order valence-electron chi connectivity index (χ2n) is 5.63. The van der Waals surface area contributed by atoms with Crippen molar-refractivity contribution in [1.82, 2.24) is 4.98 Å². The highest BCUT2D eigenvalue weighted by molar-refractivity contribution is 7.14. The Balaban J connectivity index is 1.46. The van der Waals surface area contributed by atoms with E-state index in [4.69, 9.17) is 4.74 Å². The molecule has 3 aromatic rings. The maximum atomic E-state index is 12.0. The second kappa shape index (κ2) is 8.91. The van der Waals surface area contributed by atoms with Crippen molar-refractivity contribution in [3.05, 3.63) is 70.1 Å². The summed E-state index contributed by atoms with van der Waals surface area (Å²) in [5, 5.41) is 16.1. The molecule has 1 N–H and O–H groups in total. The molecule has 0 spiro atoms. The maximum Gasteiger partial charge on any atom is 0.310 e. The number of nitrogens with zero attached hydrogens (tertiary/aromatic N) is 2.